The van der Waals surface area contributed by atoms with E-state index in [4.69, 9.17) is 0 Å². The largest absolute Gasteiger partial charge is 0.393 e. The number of carbonyl (C=O) groups excluding carboxylic acids is 2. The van der Waals surface area contributed by atoms with E-state index in [1.165, 1.54) is 10.1 Å². The molecule has 2 saturated heterocycles. The van der Waals surface area contributed by atoms with E-state index in [1.807, 2.05) is 29.1 Å². The Bertz CT molecular complexity index is 2670. The highest BCUT2D eigenvalue weighted by Gasteiger charge is 2.32. The number of piperidine rings is 1. The summed E-state index contributed by atoms with van der Waals surface area (Å²) in [6, 6.07) is 13.7. The van der Waals surface area contributed by atoms with E-state index in [0.717, 1.165) is 78.9 Å². The van der Waals surface area contributed by atoms with Crippen LogP contribution in [0.3, 0.4) is 0 Å². The maximum absolute atomic E-state index is 13.2. The van der Waals surface area contributed by atoms with Crippen LogP contribution in [0.15, 0.2) is 65.8 Å². The molecular formula is C44H51F3N12O4. The number of hydrogen-bond donors (Lipinski definition) is 3. The molecule has 2 aliphatic heterocycles. The van der Waals surface area contributed by atoms with Gasteiger partial charge >= 0.3 is 11.9 Å². The normalized spacial score (nSPS) is 20.5. The molecule has 4 aromatic heterocycles. The minimum absolute atomic E-state index is 0.121. The van der Waals surface area contributed by atoms with Gasteiger partial charge in [0.1, 0.15) is 11.7 Å². The average Bonchev–Trinajstić information content (AvgIpc) is 3.95. The second-order valence-electron chi connectivity index (χ2n) is 17.1. The Morgan fingerprint density at radius 1 is 0.889 bits per heavy atom. The monoisotopic (exact) mass is 868 g/mol. The lowest BCUT2D eigenvalue weighted by molar-refractivity contribution is -0.136. The van der Waals surface area contributed by atoms with Crippen molar-refractivity contribution in [1.82, 2.24) is 53.8 Å². The molecule has 1 aliphatic carbocycles. The second-order valence-corrected chi connectivity index (χ2v) is 17.1. The van der Waals surface area contributed by atoms with Gasteiger partial charge in [-0.05, 0) is 67.3 Å². The Hall–Kier alpha value is -5.92. The van der Waals surface area contributed by atoms with Crippen molar-refractivity contribution < 1.29 is 27.9 Å². The summed E-state index contributed by atoms with van der Waals surface area (Å²) in [4.78, 5) is 51.3. The lowest BCUT2D eigenvalue weighted by atomic mass is 9.93. The fraction of sp³-hybridized carbons (Fsp3) is 0.477. The Balaban J connectivity index is 0.781. The zero-order valence-corrected chi connectivity index (χ0v) is 35.1. The fourth-order valence-corrected chi connectivity index (χ4v) is 9.22. The maximum Gasteiger partial charge on any atom is 0.390 e. The molecule has 0 spiro atoms. The smallest absolute Gasteiger partial charge is 0.390 e. The second kappa shape index (κ2) is 17.7. The van der Waals surface area contributed by atoms with Crippen LogP contribution >= 0.6 is 0 Å². The van der Waals surface area contributed by atoms with Crippen molar-refractivity contribution in [1.29, 1.82) is 0 Å². The van der Waals surface area contributed by atoms with Crippen molar-refractivity contribution in [2.24, 2.45) is 7.05 Å². The number of aliphatic hydroxyl groups is 1. The first-order valence-electron chi connectivity index (χ1n) is 21.7. The van der Waals surface area contributed by atoms with Crippen LogP contribution in [0.5, 0.6) is 0 Å². The summed E-state index contributed by atoms with van der Waals surface area (Å²) in [5, 5.41) is 24.9. The van der Waals surface area contributed by atoms with Crippen LogP contribution in [-0.2, 0) is 42.7 Å². The first-order chi connectivity index (χ1) is 30.3. The van der Waals surface area contributed by atoms with Crippen molar-refractivity contribution in [2.45, 2.75) is 95.4 Å². The summed E-state index contributed by atoms with van der Waals surface area (Å²) in [6.45, 7) is 5.43. The molecule has 19 heteroatoms. The third kappa shape index (κ3) is 9.40. The maximum atomic E-state index is 13.2. The standard InChI is InChI=1S/C44H51F3N12O4/c1-54-38-22-28(4-11-36(38)59(43(54)63)37-12-13-39(61)50-41(37)62)14-17-57-26-31(52-53-57)25-56-20-18-55(19-21-56)24-29-2-5-30(6-3-29)35-27-58(32-7-9-33(60)10-8-32)40-34(35)23-49-42(51-40)48-16-15-44(45,46)47/h2-6,11,22-23,26-27,32-33,37,60H,7-10,12-21,24-25H2,1H3,(H,48,49,51)(H,50,61,62)/t32-,33-,37?. The van der Waals surface area contributed by atoms with Gasteiger partial charge in [-0.1, -0.05) is 35.5 Å². The molecule has 2 amide bonds. The molecular weight excluding hydrogens is 818 g/mol. The highest BCUT2D eigenvalue weighted by molar-refractivity contribution is 6.00. The Morgan fingerprint density at radius 3 is 2.35 bits per heavy atom. The van der Waals surface area contributed by atoms with Crippen LogP contribution in [-0.4, -0.2) is 110 Å². The molecule has 6 aromatic rings. The lowest BCUT2D eigenvalue weighted by Gasteiger charge is -2.34. The van der Waals surface area contributed by atoms with E-state index in [9.17, 15) is 32.7 Å². The number of imide groups is 1. The highest BCUT2D eigenvalue weighted by atomic mass is 19.4. The summed E-state index contributed by atoms with van der Waals surface area (Å²) < 4.78 is 45.4. The van der Waals surface area contributed by atoms with Gasteiger partial charge in [-0.3, -0.25) is 38.5 Å². The van der Waals surface area contributed by atoms with Crippen LogP contribution in [0, 0.1) is 0 Å². The molecule has 9 rings (SSSR count). The molecule has 16 nitrogen and oxygen atoms in total. The predicted octanol–water partition coefficient (Wildman–Crippen LogP) is 4.72. The number of alkyl halides is 3. The van der Waals surface area contributed by atoms with Gasteiger partial charge < -0.3 is 15.0 Å². The molecule has 3 N–H and O–H groups in total. The number of nitrogens with zero attached hydrogens (tertiary/aromatic N) is 10. The average molecular weight is 869 g/mol. The summed E-state index contributed by atoms with van der Waals surface area (Å²) >= 11 is 0. The van der Waals surface area contributed by atoms with Gasteiger partial charge in [-0.25, -0.2) is 9.78 Å². The number of aryl methyl sites for hydroxylation is 3. The number of piperazine rings is 1. The number of halogens is 3. The van der Waals surface area contributed by atoms with E-state index < -0.39 is 24.5 Å². The van der Waals surface area contributed by atoms with Gasteiger partial charge in [0.05, 0.1) is 29.3 Å². The van der Waals surface area contributed by atoms with E-state index in [2.05, 4.69) is 75.7 Å². The Labute approximate surface area is 360 Å². The first kappa shape index (κ1) is 42.4. The van der Waals surface area contributed by atoms with Crippen molar-refractivity contribution >= 4 is 39.8 Å². The predicted molar refractivity (Wildman–Crippen MR) is 229 cm³/mol. The molecule has 332 valence electrons. The lowest BCUT2D eigenvalue weighted by Crippen LogP contribution is -2.45. The van der Waals surface area contributed by atoms with Crippen LogP contribution in [0.1, 0.15) is 73.9 Å². The Morgan fingerprint density at radius 2 is 1.62 bits per heavy atom. The van der Waals surface area contributed by atoms with Crippen LogP contribution < -0.4 is 16.3 Å². The summed E-state index contributed by atoms with van der Waals surface area (Å²) in [6.07, 6.45) is 4.30. The molecule has 3 fully saturated rings. The van der Waals surface area contributed by atoms with Crippen molar-refractivity contribution in [3.8, 4) is 11.1 Å². The molecule has 63 heavy (non-hydrogen) atoms. The number of fused-ring (bicyclic) bond motifs is 2. The number of nitrogens with one attached hydrogen (secondary N) is 2. The first-order valence-corrected chi connectivity index (χ1v) is 21.7. The minimum atomic E-state index is -4.27. The topological polar surface area (TPSA) is 173 Å². The van der Waals surface area contributed by atoms with Gasteiger partial charge in [-0.15, -0.1) is 5.10 Å². The number of amides is 2. The molecule has 0 bridgehead atoms. The molecule has 3 aliphatic rings. The zero-order valence-electron chi connectivity index (χ0n) is 35.1. The molecule has 0 radical (unpaired) electrons. The number of aliphatic hydroxyl groups excluding tert-OH is 1. The van der Waals surface area contributed by atoms with Crippen molar-refractivity contribution in [3.05, 3.63) is 88.4 Å². The number of hydrogen-bond acceptors (Lipinski definition) is 11. The third-order valence-electron chi connectivity index (χ3n) is 12.7. The number of carbonyl (C=O) groups is 2. The fourth-order valence-electron chi connectivity index (χ4n) is 9.22. The van der Waals surface area contributed by atoms with E-state index >= 15 is 0 Å². The minimum Gasteiger partial charge on any atom is -0.393 e. The van der Waals surface area contributed by atoms with Crippen LogP contribution in [0.2, 0.25) is 0 Å². The SMILES string of the molecule is Cn1c(=O)n(C2CCC(=O)NC2=O)c2ccc(CCn3cc(CN4CCN(Cc5ccc(-c6cn([C@H]7CC[C@H](O)CC7)c7nc(NCCC(F)(F)F)ncc67)cc5)CC4)nn3)cc21. The van der Waals surface area contributed by atoms with Gasteiger partial charge in [0.15, 0.2) is 0 Å². The van der Waals surface area contributed by atoms with Gasteiger partial charge in [0.2, 0.25) is 17.8 Å². The quantitative estimate of drug-likeness (QED) is 0.137. The Kier molecular flexibility index (Phi) is 11.9. The molecule has 6 heterocycles. The number of anilines is 1. The van der Waals surface area contributed by atoms with E-state index in [-0.39, 0.29) is 42.7 Å². The van der Waals surface area contributed by atoms with Crippen molar-refractivity contribution in [2.75, 3.05) is 38.0 Å². The molecule has 1 unspecified atom stereocenters. The van der Waals surface area contributed by atoms with E-state index in [0.29, 0.717) is 49.9 Å². The molecule has 1 saturated carbocycles. The van der Waals surface area contributed by atoms with Crippen LogP contribution in [0.4, 0.5) is 19.1 Å². The molecule has 1 atom stereocenters. The number of imidazole rings is 1. The number of rotatable bonds is 13. The van der Waals surface area contributed by atoms with Crippen LogP contribution in [0.25, 0.3) is 33.2 Å². The number of aromatic nitrogens is 8. The summed E-state index contributed by atoms with van der Waals surface area (Å²) in [5.74, 6) is -0.609. The zero-order chi connectivity index (χ0) is 43.8. The van der Waals surface area contributed by atoms with E-state index in [1.54, 1.807) is 17.8 Å². The highest BCUT2D eigenvalue weighted by Crippen LogP contribution is 2.37. The summed E-state index contributed by atoms with van der Waals surface area (Å²) in [5.41, 5.74) is 6.86. The summed E-state index contributed by atoms with van der Waals surface area (Å²) in [7, 11) is 1.69. The van der Waals surface area contributed by atoms with Gasteiger partial charge in [0, 0.05) is 101 Å². The number of benzene rings is 2. The third-order valence-corrected chi connectivity index (χ3v) is 12.7. The van der Waals surface area contributed by atoms with Gasteiger partial charge in [-0.2, -0.15) is 18.2 Å². The van der Waals surface area contributed by atoms with Crippen molar-refractivity contribution in [3.63, 3.8) is 0 Å². The van der Waals surface area contributed by atoms with Gasteiger partial charge in [0.25, 0.3) is 0 Å². The molecule has 2 aromatic carbocycles.